The summed E-state index contributed by atoms with van der Waals surface area (Å²) in [4.78, 5) is 14.7. The van der Waals surface area contributed by atoms with Crippen molar-refractivity contribution in [1.82, 2.24) is 45.8 Å². The van der Waals surface area contributed by atoms with Crippen molar-refractivity contribution in [2.24, 2.45) is 0 Å². The quantitative estimate of drug-likeness (QED) is 0.524. The molecule has 2 aromatic heterocycles. The van der Waals surface area contributed by atoms with Gasteiger partial charge >= 0.3 is 0 Å². The maximum Gasteiger partial charge on any atom is 0.241 e. The smallest absolute Gasteiger partial charge is 0.241 e. The van der Waals surface area contributed by atoms with E-state index in [1.165, 1.54) is 0 Å². The van der Waals surface area contributed by atoms with E-state index in [9.17, 15) is 4.79 Å². The Balaban J connectivity index is 1.47. The predicted octanol–water partition coefficient (Wildman–Crippen LogP) is -0.428. The number of carbonyl (C=O) groups is 1. The van der Waals surface area contributed by atoms with Gasteiger partial charge in [0.25, 0.3) is 0 Å². The van der Waals surface area contributed by atoms with Crippen LogP contribution in [0.15, 0.2) is 36.5 Å². The third-order valence-corrected chi connectivity index (χ3v) is 4.79. The summed E-state index contributed by atoms with van der Waals surface area (Å²) in [6.45, 7) is 3.39. The molecule has 0 saturated carbocycles. The highest BCUT2D eigenvalue weighted by Gasteiger charge is 2.29. The molecule has 3 heterocycles. The van der Waals surface area contributed by atoms with Crippen LogP contribution < -0.4 is 5.32 Å². The molecule has 4 rings (SSSR count). The number of amides is 1. The molecular weight excluding hydrogens is 374 g/mol. The zero-order chi connectivity index (χ0) is 19.9. The minimum absolute atomic E-state index is 0.0504. The molecule has 1 amide bonds. The molecular formula is C18H23N9O2. The minimum atomic E-state index is -0.157. The van der Waals surface area contributed by atoms with E-state index in [-0.39, 0.29) is 18.5 Å². The first-order valence-corrected chi connectivity index (χ1v) is 9.55. The lowest BCUT2D eigenvalue weighted by Gasteiger charge is -2.33. The third-order valence-electron chi connectivity index (χ3n) is 4.79. The highest BCUT2D eigenvalue weighted by atomic mass is 16.5. The molecule has 0 bridgehead atoms. The number of nitrogens with one attached hydrogen (secondary N) is 2. The van der Waals surface area contributed by atoms with Crippen LogP contribution in [0.4, 0.5) is 0 Å². The lowest BCUT2D eigenvalue weighted by molar-refractivity contribution is -0.121. The van der Waals surface area contributed by atoms with Gasteiger partial charge in [0, 0.05) is 26.1 Å². The van der Waals surface area contributed by atoms with Gasteiger partial charge in [0.05, 0.1) is 31.1 Å². The van der Waals surface area contributed by atoms with Crippen LogP contribution in [0, 0.1) is 0 Å². The van der Waals surface area contributed by atoms with Gasteiger partial charge in [-0.15, -0.1) is 5.10 Å². The normalized spacial score (nSPS) is 15.9. The average molecular weight is 397 g/mol. The summed E-state index contributed by atoms with van der Waals surface area (Å²) in [5.41, 5.74) is 1.88. The van der Waals surface area contributed by atoms with Crippen LogP contribution in [0.3, 0.4) is 0 Å². The zero-order valence-corrected chi connectivity index (χ0v) is 15.9. The van der Waals surface area contributed by atoms with E-state index in [2.05, 4.69) is 53.3 Å². The van der Waals surface area contributed by atoms with E-state index < -0.39 is 0 Å². The van der Waals surface area contributed by atoms with Crippen LogP contribution in [-0.2, 0) is 22.5 Å². The van der Waals surface area contributed by atoms with Crippen LogP contribution in [0.5, 0.6) is 0 Å². The number of rotatable bonds is 8. The molecule has 0 unspecified atom stereocenters. The van der Waals surface area contributed by atoms with Crippen molar-refractivity contribution in [2.45, 2.75) is 19.0 Å². The fourth-order valence-corrected chi connectivity index (χ4v) is 3.38. The predicted molar refractivity (Wildman–Crippen MR) is 102 cm³/mol. The number of hydrogen-bond acceptors (Lipinski definition) is 8. The van der Waals surface area contributed by atoms with E-state index in [0.29, 0.717) is 32.0 Å². The first-order chi connectivity index (χ1) is 14.3. The molecule has 1 aromatic carbocycles. The Labute approximate surface area is 167 Å². The van der Waals surface area contributed by atoms with Crippen molar-refractivity contribution in [3.8, 4) is 0 Å². The molecule has 1 aliphatic rings. The fourth-order valence-electron chi connectivity index (χ4n) is 3.38. The minimum Gasteiger partial charge on any atom is -0.379 e. The van der Waals surface area contributed by atoms with Crippen LogP contribution in [-0.4, -0.2) is 79.3 Å². The molecule has 0 aliphatic carbocycles. The third kappa shape index (κ3) is 4.81. The summed E-state index contributed by atoms with van der Waals surface area (Å²) in [5, 5.41) is 25.3. The van der Waals surface area contributed by atoms with Gasteiger partial charge in [0.15, 0.2) is 5.82 Å². The van der Waals surface area contributed by atoms with Crippen LogP contribution in [0.1, 0.15) is 23.1 Å². The molecule has 1 saturated heterocycles. The molecule has 2 N–H and O–H groups in total. The summed E-state index contributed by atoms with van der Waals surface area (Å²) >= 11 is 0. The molecule has 3 aromatic rings. The Morgan fingerprint density at radius 2 is 2.07 bits per heavy atom. The van der Waals surface area contributed by atoms with Crippen molar-refractivity contribution in [1.29, 1.82) is 0 Å². The lowest BCUT2D eigenvalue weighted by atomic mass is 10.0. The summed E-state index contributed by atoms with van der Waals surface area (Å²) in [7, 11) is 0. The van der Waals surface area contributed by atoms with Crippen LogP contribution in [0.2, 0.25) is 0 Å². The molecule has 11 heteroatoms. The number of benzene rings is 1. The van der Waals surface area contributed by atoms with Gasteiger partial charge in [-0.1, -0.05) is 30.3 Å². The number of H-pyrrole nitrogens is 1. The Bertz CT molecular complexity index is 891. The fraction of sp³-hybridized carbons (Fsp3) is 0.444. The van der Waals surface area contributed by atoms with Gasteiger partial charge in [0.2, 0.25) is 5.91 Å². The van der Waals surface area contributed by atoms with Crippen LogP contribution in [0.25, 0.3) is 0 Å². The number of tetrazole rings is 1. The Morgan fingerprint density at radius 1 is 1.24 bits per heavy atom. The second kappa shape index (κ2) is 9.34. The average Bonchev–Trinajstić information content (AvgIpc) is 3.43. The van der Waals surface area contributed by atoms with Crippen molar-refractivity contribution < 1.29 is 9.53 Å². The van der Waals surface area contributed by atoms with Gasteiger partial charge in [0.1, 0.15) is 6.54 Å². The van der Waals surface area contributed by atoms with Gasteiger partial charge in [-0.3, -0.25) is 9.69 Å². The highest BCUT2D eigenvalue weighted by molar-refractivity contribution is 5.75. The van der Waals surface area contributed by atoms with Crippen molar-refractivity contribution in [3.05, 3.63) is 53.6 Å². The van der Waals surface area contributed by atoms with Crippen molar-refractivity contribution in [3.63, 3.8) is 0 Å². The van der Waals surface area contributed by atoms with E-state index >= 15 is 0 Å². The number of morpholine rings is 1. The van der Waals surface area contributed by atoms with Crippen LogP contribution >= 0.6 is 0 Å². The number of aromatic nitrogens is 7. The number of ether oxygens (including phenoxy) is 1. The summed E-state index contributed by atoms with van der Waals surface area (Å²) in [6, 6.07) is 9.93. The van der Waals surface area contributed by atoms with Gasteiger partial charge in [-0.05, 0) is 16.0 Å². The highest BCUT2D eigenvalue weighted by Crippen LogP contribution is 2.27. The van der Waals surface area contributed by atoms with Gasteiger partial charge in [-0.25, -0.2) is 4.68 Å². The summed E-state index contributed by atoms with van der Waals surface area (Å²) in [5.74, 6) is 0.487. The van der Waals surface area contributed by atoms with Crippen molar-refractivity contribution in [2.75, 3.05) is 32.8 Å². The van der Waals surface area contributed by atoms with E-state index in [0.717, 1.165) is 24.3 Å². The first-order valence-electron chi connectivity index (χ1n) is 9.55. The largest absolute Gasteiger partial charge is 0.379 e. The maximum absolute atomic E-state index is 12.4. The standard InChI is InChI=1S/C18H23N9O2/c28-16(19-7-6-15-12-20-23-21-15)13-27-18(22-24-25-27)17(14-4-2-1-3-5-14)26-8-10-29-11-9-26/h1-5,12,17H,6-11,13H2,(H,19,28)(H,20,21,23)/t17-/m1/s1. The number of carbonyl (C=O) groups excluding carboxylic acids is 1. The van der Waals surface area contributed by atoms with Gasteiger partial charge < -0.3 is 10.1 Å². The Morgan fingerprint density at radius 3 is 2.83 bits per heavy atom. The molecule has 1 fully saturated rings. The lowest BCUT2D eigenvalue weighted by Crippen LogP contribution is -2.41. The van der Waals surface area contributed by atoms with E-state index in [1.807, 2.05) is 18.2 Å². The second-order valence-corrected chi connectivity index (χ2v) is 6.72. The molecule has 1 aliphatic heterocycles. The molecule has 0 radical (unpaired) electrons. The molecule has 11 nitrogen and oxygen atoms in total. The molecule has 152 valence electrons. The second-order valence-electron chi connectivity index (χ2n) is 6.72. The SMILES string of the molecule is O=C(Cn1nnnc1[C@@H](c1ccccc1)N1CCOCC1)NCCc1cn[nH]n1. The molecule has 29 heavy (non-hydrogen) atoms. The Kier molecular flexibility index (Phi) is 6.17. The van der Waals surface area contributed by atoms with Crippen molar-refractivity contribution >= 4 is 5.91 Å². The van der Waals surface area contributed by atoms with E-state index in [4.69, 9.17) is 4.74 Å². The summed E-state index contributed by atoms with van der Waals surface area (Å²) in [6.07, 6.45) is 2.24. The van der Waals surface area contributed by atoms with E-state index in [1.54, 1.807) is 10.9 Å². The maximum atomic E-state index is 12.4. The summed E-state index contributed by atoms with van der Waals surface area (Å²) < 4.78 is 7.06. The monoisotopic (exact) mass is 397 g/mol. The Hall–Kier alpha value is -3.18. The molecule has 1 atom stereocenters. The topological polar surface area (TPSA) is 127 Å². The van der Waals surface area contributed by atoms with Gasteiger partial charge in [-0.2, -0.15) is 15.4 Å². The number of aromatic amines is 1. The molecule has 0 spiro atoms. The number of hydrogen-bond donors (Lipinski definition) is 2. The number of nitrogens with zero attached hydrogens (tertiary/aromatic N) is 7. The first kappa shape index (κ1) is 19.2. The zero-order valence-electron chi connectivity index (χ0n) is 15.9.